The molecule has 2 heterocycles. The molecule has 8 nitrogen and oxygen atoms in total. The Morgan fingerprint density at radius 2 is 1.94 bits per heavy atom. The average Bonchev–Trinajstić information content (AvgIpc) is 3.40. The van der Waals surface area contributed by atoms with Crippen LogP contribution in [0.4, 0.5) is 0 Å². The van der Waals surface area contributed by atoms with Crippen molar-refractivity contribution in [1.82, 2.24) is 10.3 Å². The lowest BCUT2D eigenvalue weighted by molar-refractivity contribution is -0.142. The standard InChI is InChI=1S/C24H26N2O6/c1-2-5-19(27)22(14-8-9-20-21(11-14)32-13-31-20)23(28)26-18(24(29)30)10-15-12-25-17-7-4-3-6-16(15)17/h3-4,6-9,11-12,18-19,22,25,27H,2,5,10,13H2,1H3,(H,26,28)(H,29,30)/t18-,19?,22?/m0/s1. The summed E-state index contributed by atoms with van der Waals surface area (Å²) in [4.78, 5) is 28.4. The number of benzene rings is 2. The van der Waals surface area contributed by atoms with E-state index in [0.717, 1.165) is 16.5 Å². The first kappa shape index (κ1) is 21.7. The second-order valence-corrected chi connectivity index (χ2v) is 7.91. The summed E-state index contributed by atoms with van der Waals surface area (Å²) in [5.41, 5.74) is 2.24. The molecule has 1 aliphatic rings. The molecule has 2 unspecified atom stereocenters. The summed E-state index contributed by atoms with van der Waals surface area (Å²) in [5, 5.41) is 24.1. The van der Waals surface area contributed by atoms with E-state index in [1.165, 1.54) is 0 Å². The second-order valence-electron chi connectivity index (χ2n) is 7.91. The van der Waals surface area contributed by atoms with E-state index in [9.17, 15) is 19.8 Å². The molecule has 168 valence electrons. The molecule has 0 fully saturated rings. The Kier molecular flexibility index (Phi) is 6.32. The summed E-state index contributed by atoms with van der Waals surface area (Å²) in [6.07, 6.45) is 1.97. The molecule has 0 bridgehead atoms. The minimum atomic E-state index is -1.15. The summed E-state index contributed by atoms with van der Waals surface area (Å²) in [6, 6.07) is 11.5. The molecule has 1 amide bonds. The van der Waals surface area contributed by atoms with E-state index in [-0.39, 0.29) is 13.2 Å². The first-order valence-corrected chi connectivity index (χ1v) is 10.6. The van der Waals surface area contributed by atoms with Gasteiger partial charge < -0.3 is 30.0 Å². The van der Waals surface area contributed by atoms with Gasteiger partial charge in [0.05, 0.1) is 12.0 Å². The van der Waals surface area contributed by atoms with Crippen LogP contribution in [-0.2, 0) is 16.0 Å². The molecule has 4 rings (SSSR count). The van der Waals surface area contributed by atoms with Gasteiger partial charge in [0.1, 0.15) is 6.04 Å². The number of carbonyl (C=O) groups is 2. The highest BCUT2D eigenvalue weighted by molar-refractivity contribution is 5.90. The number of aromatic nitrogens is 1. The summed E-state index contributed by atoms with van der Waals surface area (Å²) >= 11 is 0. The first-order valence-electron chi connectivity index (χ1n) is 10.6. The molecule has 4 N–H and O–H groups in total. The van der Waals surface area contributed by atoms with Gasteiger partial charge in [0, 0.05) is 23.5 Å². The van der Waals surface area contributed by atoms with E-state index in [1.54, 1.807) is 24.4 Å². The van der Waals surface area contributed by atoms with Gasteiger partial charge in [-0.1, -0.05) is 37.6 Å². The van der Waals surface area contributed by atoms with Crippen molar-refractivity contribution in [1.29, 1.82) is 0 Å². The predicted octanol–water partition coefficient (Wildman–Crippen LogP) is 2.95. The summed E-state index contributed by atoms with van der Waals surface area (Å²) in [6.45, 7) is 2.01. The highest BCUT2D eigenvalue weighted by Crippen LogP contribution is 2.36. The zero-order chi connectivity index (χ0) is 22.7. The maximum absolute atomic E-state index is 13.3. The van der Waals surface area contributed by atoms with Crippen LogP contribution in [0, 0.1) is 0 Å². The highest BCUT2D eigenvalue weighted by Gasteiger charge is 2.33. The molecule has 1 aliphatic heterocycles. The molecule has 3 aromatic rings. The number of carboxylic acid groups (broad SMARTS) is 1. The van der Waals surface area contributed by atoms with Crippen molar-refractivity contribution in [2.75, 3.05) is 6.79 Å². The van der Waals surface area contributed by atoms with Crippen LogP contribution in [0.15, 0.2) is 48.7 Å². The van der Waals surface area contributed by atoms with Gasteiger partial charge >= 0.3 is 5.97 Å². The van der Waals surface area contributed by atoms with E-state index in [1.807, 2.05) is 31.2 Å². The Labute approximate surface area is 185 Å². The van der Waals surface area contributed by atoms with Crippen molar-refractivity contribution in [3.8, 4) is 11.5 Å². The number of amides is 1. The number of aliphatic hydroxyl groups is 1. The number of nitrogens with one attached hydrogen (secondary N) is 2. The van der Waals surface area contributed by atoms with Crippen molar-refractivity contribution in [2.45, 2.75) is 44.2 Å². The van der Waals surface area contributed by atoms with Crippen LogP contribution in [0.3, 0.4) is 0 Å². The number of ether oxygens (including phenoxy) is 2. The van der Waals surface area contributed by atoms with Gasteiger partial charge in [-0.3, -0.25) is 4.79 Å². The van der Waals surface area contributed by atoms with Gasteiger partial charge in [-0.2, -0.15) is 0 Å². The van der Waals surface area contributed by atoms with E-state index >= 15 is 0 Å². The molecule has 0 saturated heterocycles. The van der Waals surface area contributed by atoms with Crippen molar-refractivity contribution in [2.24, 2.45) is 0 Å². The Morgan fingerprint density at radius 1 is 1.16 bits per heavy atom. The molecule has 8 heteroatoms. The zero-order valence-electron chi connectivity index (χ0n) is 17.7. The fraction of sp³-hybridized carbons (Fsp3) is 0.333. The van der Waals surface area contributed by atoms with Gasteiger partial charge in [0.2, 0.25) is 12.7 Å². The third-order valence-corrected chi connectivity index (χ3v) is 5.72. The molecule has 2 aromatic carbocycles. The van der Waals surface area contributed by atoms with Gasteiger partial charge in [0.25, 0.3) is 0 Å². The van der Waals surface area contributed by atoms with Crippen LogP contribution in [0.1, 0.15) is 36.8 Å². The molecule has 0 radical (unpaired) electrons. The molecule has 0 spiro atoms. The Hall–Kier alpha value is -3.52. The lowest BCUT2D eigenvalue weighted by Crippen LogP contribution is -2.46. The van der Waals surface area contributed by atoms with Crippen LogP contribution in [-0.4, -0.2) is 46.0 Å². The number of aliphatic hydroxyl groups excluding tert-OH is 1. The lowest BCUT2D eigenvalue weighted by atomic mass is 9.89. The number of aromatic amines is 1. The van der Waals surface area contributed by atoms with Crippen LogP contribution < -0.4 is 14.8 Å². The van der Waals surface area contributed by atoms with E-state index in [4.69, 9.17) is 9.47 Å². The second kappa shape index (κ2) is 9.32. The third kappa shape index (κ3) is 4.40. The number of hydrogen-bond donors (Lipinski definition) is 4. The lowest BCUT2D eigenvalue weighted by Gasteiger charge is -2.25. The SMILES string of the molecule is CCCC(O)C(C(=O)N[C@@H](Cc1c[nH]c2ccccc12)C(=O)O)c1ccc2c(c1)OCO2. The smallest absolute Gasteiger partial charge is 0.326 e. The largest absolute Gasteiger partial charge is 0.480 e. The van der Waals surface area contributed by atoms with Crippen molar-refractivity contribution >= 4 is 22.8 Å². The normalized spacial score (nSPS) is 15.3. The number of hydrogen-bond acceptors (Lipinski definition) is 5. The molecule has 32 heavy (non-hydrogen) atoms. The number of rotatable bonds is 9. The number of carboxylic acids is 1. The highest BCUT2D eigenvalue weighted by atomic mass is 16.7. The van der Waals surface area contributed by atoms with Crippen molar-refractivity contribution in [3.63, 3.8) is 0 Å². The van der Waals surface area contributed by atoms with Crippen LogP contribution >= 0.6 is 0 Å². The molecular weight excluding hydrogens is 412 g/mol. The van der Waals surface area contributed by atoms with Gasteiger partial charge in [0.15, 0.2) is 11.5 Å². The fourth-order valence-corrected chi connectivity index (χ4v) is 4.10. The van der Waals surface area contributed by atoms with Gasteiger partial charge in [-0.25, -0.2) is 4.79 Å². The molecule has 0 saturated carbocycles. The number of H-pyrrole nitrogens is 1. The minimum Gasteiger partial charge on any atom is -0.480 e. The number of fused-ring (bicyclic) bond motifs is 2. The summed E-state index contributed by atoms with van der Waals surface area (Å²) in [7, 11) is 0. The molecular formula is C24H26N2O6. The summed E-state index contributed by atoms with van der Waals surface area (Å²) < 4.78 is 10.7. The van der Waals surface area contributed by atoms with E-state index in [2.05, 4.69) is 10.3 Å². The third-order valence-electron chi connectivity index (χ3n) is 5.72. The quantitative estimate of drug-likeness (QED) is 0.408. The van der Waals surface area contributed by atoms with Crippen molar-refractivity contribution < 1.29 is 29.3 Å². The van der Waals surface area contributed by atoms with E-state index in [0.29, 0.717) is 29.9 Å². The predicted molar refractivity (Wildman–Crippen MR) is 118 cm³/mol. The van der Waals surface area contributed by atoms with Gasteiger partial charge in [-0.05, 0) is 35.7 Å². The minimum absolute atomic E-state index is 0.0961. The first-order chi connectivity index (χ1) is 15.5. The van der Waals surface area contributed by atoms with E-state index < -0.39 is 29.9 Å². The molecule has 1 aromatic heterocycles. The number of carbonyl (C=O) groups excluding carboxylic acids is 1. The Balaban J connectivity index is 1.58. The van der Waals surface area contributed by atoms with Crippen LogP contribution in [0.2, 0.25) is 0 Å². The maximum Gasteiger partial charge on any atom is 0.326 e. The Bertz CT molecular complexity index is 1120. The maximum atomic E-state index is 13.3. The monoisotopic (exact) mass is 438 g/mol. The zero-order valence-corrected chi connectivity index (χ0v) is 17.7. The molecule has 0 aliphatic carbocycles. The molecule has 3 atom stereocenters. The fourth-order valence-electron chi connectivity index (χ4n) is 4.10. The number of para-hydroxylation sites is 1. The van der Waals surface area contributed by atoms with Crippen molar-refractivity contribution in [3.05, 3.63) is 59.8 Å². The van der Waals surface area contributed by atoms with Crippen LogP contribution in [0.5, 0.6) is 11.5 Å². The summed E-state index contributed by atoms with van der Waals surface area (Å²) in [5.74, 6) is -1.55. The topological polar surface area (TPSA) is 121 Å². The average molecular weight is 438 g/mol. The van der Waals surface area contributed by atoms with Crippen LogP contribution in [0.25, 0.3) is 10.9 Å². The number of aliphatic carboxylic acids is 1. The Morgan fingerprint density at radius 3 is 2.72 bits per heavy atom. The van der Waals surface area contributed by atoms with Gasteiger partial charge in [-0.15, -0.1) is 0 Å².